The first-order chi connectivity index (χ1) is 14.3. The van der Waals surface area contributed by atoms with Crippen LogP contribution in [-0.2, 0) is 11.3 Å². The molecule has 0 bridgehead atoms. The highest BCUT2D eigenvalue weighted by Gasteiger charge is 2.15. The molecule has 29 heavy (non-hydrogen) atoms. The summed E-state index contributed by atoms with van der Waals surface area (Å²) < 4.78 is 5.68. The second-order valence-electron chi connectivity index (χ2n) is 8.42. The molecular formula is C25H32N2O2. The van der Waals surface area contributed by atoms with Crippen molar-refractivity contribution < 1.29 is 9.53 Å². The number of hydrogen-bond acceptors (Lipinski definition) is 3. The van der Waals surface area contributed by atoms with Gasteiger partial charge in [0.05, 0.1) is 0 Å². The third kappa shape index (κ3) is 5.83. The van der Waals surface area contributed by atoms with Crippen molar-refractivity contribution in [2.45, 2.75) is 57.4 Å². The van der Waals surface area contributed by atoms with E-state index < -0.39 is 0 Å². The zero-order valence-electron chi connectivity index (χ0n) is 17.2. The van der Waals surface area contributed by atoms with Gasteiger partial charge in [-0.25, -0.2) is 0 Å². The molecule has 1 aliphatic carbocycles. The van der Waals surface area contributed by atoms with Crippen LogP contribution in [0.3, 0.4) is 0 Å². The lowest BCUT2D eigenvalue weighted by Gasteiger charge is -2.22. The van der Waals surface area contributed by atoms with E-state index in [2.05, 4.69) is 34.5 Å². The number of benzene rings is 2. The van der Waals surface area contributed by atoms with Crippen molar-refractivity contribution in [2.24, 2.45) is 0 Å². The molecule has 2 fully saturated rings. The molecular weight excluding hydrogens is 360 g/mol. The Morgan fingerprint density at radius 1 is 0.897 bits per heavy atom. The Morgan fingerprint density at radius 2 is 1.59 bits per heavy atom. The summed E-state index contributed by atoms with van der Waals surface area (Å²) in [7, 11) is 0. The van der Waals surface area contributed by atoms with Crippen molar-refractivity contribution in [3.63, 3.8) is 0 Å². The standard InChI is InChI=1S/C25H32N2O2/c28-25(26-23-12-8-20(9-13-23)18-27-16-4-5-17-27)19-29-24-14-10-22(11-15-24)21-6-2-1-3-7-21/h8-15,21H,1-7,16-19H2,(H,26,28). The number of carbonyl (C=O) groups excluding carboxylic acids is 1. The van der Waals surface area contributed by atoms with Gasteiger partial charge in [0, 0.05) is 12.2 Å². The summed E-state index contributed by atoms with van der Waals surface area (Å²) in [5.74, 6) is 1.31. The highest BCUT2D eigenvalue weighted by Crippen LogP contribution is 2.33. The van der Waals surface area contributed by atoms with E-state index in [0.717, 1.165) is 18.0 Å². The fourth-order valence-electron chi connectivity index (χ4n) is 4.51. The quantitative estimate of drug-likeness (QED) is 0.691. The van der Waals surface area contributed by atoms with E-state index in [1.807, 2.05) is 24.3 Å². The highest BCUT2D eigenvalue weighted by atomic mass is 16.5. The third-order valence-corrected chi connectivity index (χ3v) is 6.17. The van der Waals surface area contributed by atoms with E-state index in [9.17, 15) is 4.79 Å². The second-order valence-corrected chi connectivity index (χ2v) is 8.42. The molecule has 4 nitrogen and oxygen atoms in total. The number of carbonyl (C=O) groups is 1. The van der Waals surface area contributed by atoms with Gasteiger partial charge in [-0.05, 0) is 80.1 Å². The first-order valence-electron chi connectivity index (χ1n) is 11.1. The first-order valence-corrected chi connectivity index (χ1v) is 11.1. The maximum absolute atomic E-state index is 12.2. The van der Waals surface area contributed by atoms with Gasteiger partial charge in [0.15, 0.2) is 6.61 Å². The van der Waals surface area contributed by atoms with Gasteiger partial charge in [0.1, 0.15) is 5.75 Å². The zero-order valence-corrected chi connectivity index (χ0v) is 17.2. The molecule has 0 unspecified atom stereocenters. The van der Waals surface area contributed by atoms with E-state index in [1.165, 1.54) is 69.2 Å². The molecule has 4 rings (SSSR count). The maximum atomic E-state index is 12.2. The highest BCUT2D eigenvalue weighted by molar-refractivity contribution is 5.91. The van der Waals surface area contributed by atoms with Crippen molar-refractivity contribution in [1.82, 2.24) is 4.90 Å². The number of nitrogens with one attached hydrogen (secondary N) is 1. The lowest BCUT2D eigenvalue weighted by Crippen LogP contribution is -2.20. The number of amides is 1. The normalized spacial score (nSPS) is 17.9. The topological polar surface area (TPSA) is 41.6 Å². The van der Waals surface area contributed by atoms with E-state index in [-0.39, 0.29) is 12.5 Å². The van der Waals surface area contributed by atoms with Crippen LogP contribution in [0, 0.1) is 0 Å². The van der Waals surface area contributed by atoms with Gasteiger partial charge in [0.25, 0.3) is 5.91 Å². The summed E-state index contributed by atoms with van der Waals surface area (Å²) >= 11 is 0. The lowest BCUT2D eigenvalue weighted by molar-refractivity contribution is -0.118. The van der Waals surface area contributed by atoms with E-state index in [1.54, 1.807) is 0 Å². The summed E-state index contributed by atoms with van der Waals surface area (Å²) in [4.78, 5) is 14.7. The Balaban J connectivity index is 1.22. The van der Waals surface area contributed by atoms with Gasteiger partial charge in [-0.15, -0.1) is 0 Å². The Bertz CT molecular complexity index is 773. The summed E-state index contributed by atoms with van der Waals surface area (Å²) in [5.41, 5.74) is 3.51. The van der Waals surface area contributed by atoms with Crippen molar-refractivity contribution in [2.75, 3.05) is 25.0 Å². The minimum Gasteiger partial charge on any atom is -0.484 e. The summed E-state index contributed by atoms with van der Waals surface area (Å²) in [6.07, 6.45) is 9.23. The molecule has 2 aromatic carbocycles. The Hall–Kier alpha value is -2.33. The van der Waals surface area contributed by atoms with Crippen LogP contribution in [0.25, 0.3) is 0 Å². The predicted octanol–water partition coefficient (Wildman–Crippen LogP) is 5.35. The van der Waals surface area contributed by atoms with Crippen LogP contribution in [0.15, 0.2) is 48.5 Å². The van der Waals surface area contributed by atoms with Crippen LogP contribution in [0.5, 0.6) is 5.75 Å². The van der Waals surface area contributed by atoms with Gasteiger partial charge >= 0.3 is 0 Å². The minimum absolute atomic E-state index is 0.0261. The predicted molar refractivity (Wildman–Crippen MR) is 117 cm³/mol. The van der Waals surface area contributed by atoms with Gasteiger partial charge in [-0.2, -0.15) is 0 Å². The molecule has 154 valence electrons. The van der Waals surface area contributed by atoms with E-state index in [0.29, 0.717) is 5.92 Å². The van der Waals surface area contributed by atoms with Gasteiger partial charge in [-0.3, -0.25) is 9.69 Å². The summed E-state index contributed by atoms with van der Waals surface area (Å²) in [6, 6.07) is 16.4. The molecule has 0 atom stereocenters. The molecule has 2 aromatic rings. The molecule has 1 aliphatic heterocycles. The molecule has 4 heteroatoms. The van der Waals surface area contributed by atoms with Crippen LogP contribution >= 0.6 is 0 Å². The molecule has 0 aromatic heterocycles. The molecule has 1 amide bonds. The fraction of sp³-hybridized carbons (Fsp3) is 0.480. The Morgan fingerprint density at radius 3 is 2.28 bits per heavy atom. The Labute approximate surface area is 174 Å². The van der Waals surface area contributed by atoms with Gasteiger partial charge in [-0.1, -0.05) is 43.5 Å². The average Bonchev–Trinajstić information content (AvgIpc) is 3.28. The van der Waals surface area contributed by atoms with E-state index >= 15 is 0 Å². The zero-order chi connectivity index (χ0) is 19.9. The van der Waals surface area contributed by atoms with Crippen LogP contribution < -0.4 is 10.1 Å². The molecule has 1 N–H and O–H groups in total. The third-order valence-electron chi connectivity index (χ3n) is 6.17. The summed E-state index contributed by atoms with van der Waals surface area (Å²) in [5, 5.41) is 2.92. The van der Waals surface area contributed by atoms with Crippen LogP contribution in [0.2, 0.25) is 0 Å². The van der Waals surface area contributed by atoms with Crippen molar-refractivity contribution in [1.29, 1.82) is 0 Å². The van der Waals surface area contributed by atoms with Crippen LogP contribution in [-0.4, -0.2) is 30.5 Å². The number of nitrogens with zero attached hydrogens (tertiary/aromatic N) is 1. The van der Waals surface area contributed by atoms with Crippen molar-refractivity contribution in [3.05, 3.63) is 59.7 Å². The number of anilines is 1. The number of likely N-dealkylation sites (tertiary alicyclic amines) is 1. The van der Waals surface area contributed by atoms with Crippen molar-refractivity contribution >= 4 is 11.6 Å². The van der Waals surface area contributed by atoms with Gasteiger partial charge < -0.3 is 10.1 Å². The summed E-state index contributed by atoms with van der Waals surface area (Å²) in [6.45, 7) is 3.40. The minimum atomic E-state index is -0.131. The smallest absolute Gasteiger partial charge is 0.262 e. The maximum Gasteiger partial charge on any atom is 0.262 e. The fourth-order valence-corrected chi connectivity index (χ4v) is 4.51. The molecule has 1 saturated carbocycles. The molecule has 0 spiro atoms. The SMILES string of the molecule is O=C(COc1ccc(C2CCCCC2)cc1)Nc1ccc(CN2CCCC2)cc1. The Kier molecular flexibility index (Phi) is 6.83. The molecule has 0 radical (unpaired) electrons. The first kappa shape index (κ1) is 20.0. The monoisotopic (exact) mass is 392 g/mol. The largest absolute Gasteiger partial charge is 0.484 e. The lowest BCUT2D eigenvalue weighted by atomic mass is 9.84. The van der Waals surface area contributed by atoms with E-state index in [4.69, 9.17) is 4.74 Å². The average molecular weight is 393 g/mol. The molecule has 2 aliphatic rings. The molecule has 1 saturated heterocycles. The van der Waals surface area contributed by atoms with Crippen LogP contribution in [0.1, 0.15) is 62.0 Å². The number of ether oxygens (including phenoxy) is 1. The van der Waals surface area contributed by atoms with Crippen LogP contribution in [0.4, 0.5) is 5.69 Å². The second kappa shape index (κ2) is 9.93. The van der Waals surface area contributed by atoms with Crippen molar-refractivity contribution in [3.8, 4) is 5.75 Å². The van der Waals surface area contributed by atoms with Gasteiger partial charge in [0.2, 0.25) is 0 Å². The number of hydrogen-bond donors (Lipinski definition) is 1. The number of rotatable bonds is 7. The molecule has 1 heterocycles.